The van der Waals surface area contributed by atoms with Gasteiger partial charge in [-0.15, -0.1) is 0 Å². The Kier molecular flexibility index (Phi) is 15.4. The van der Waals surface area contributed by atoms with Crippen molar-refractivity contribution in [1.82, 2.24) is 10.3 Å². The van der Waals surface area contributed by atoms with E-state index in [0.717, 1.165) is 84.1 Å². The topological polar surface area (TPSA) is 214 Å². The second-order valence-corrected chi connectivity index (χ2v) is 31.1. The SMILES string of the molecule is COc1c2c(c3oc(-c4ccc(O)cc4)cc(=O)c3c1OCCC(O)C=Cc1ccccc1)C1C#CC3NCCN4c5[nH]c(cc5-c5cccc(c5)C1)C1(C)C5CCC(C#CC6C7C=Cc8ccc9cc%10ccccc%10c%10c9c8C7(CC%10)CC6(c6ccc(c(N=C(N)N)c6)CC(CO)CO2)C34)C1CC5. The number of ether oxygens (including phenoxy) is 3. The molecule has 522 valence electrons. The molecule has 14 nitrogen and oxygen atoms in total. The summed E-state index contributed by atoms with van der Waals surface area (Å²) in [6.07, 6.45) is 15.4. The maximum absolute atomic E-state index is 15.7. The van der Waals surface area contributed by atoms with Crippen LogP contribution in [0.4, 0.5) is 11.5 Å². The second kappa shape index (κ2) is 24.9. The first-order chi connectivity index (χ1) is 50.8. The van der Waals surface area contributed by atoms with Gasteiger partial charge in [0.25, 0.3) is 0 Å². The zero-order valence-corrected chi connectivity index (χ0v) is 58.6. The lowest BCUT2D eigenvalue weighted by Gasteiger charge is -2.53. The van der Waals surface area contributed by atoms with Crippen molar-refractivity contribution in [3.63, 3.8) is 0 Å². The predicted molar refractivity (Wildman–Crippen MR) is 411 cm³/mol. The third-order valence-electron chi connectivity index (χ3n) is 25.8. The van der Waals surface area contributed by atoms with Crippen LogP contribution in [-0.4, -0.2) is 84.5 Å². The second-order valence-electron chi connectivity index (χ2n) is 31.1. The molecule has 13 unspecified atom stereocenters. The molecule has 13 atom stereocenters. The first-order valence-corrected chi connectivity index (χ1v) is 37.3. The Morgan fingerprint density at radius 3 is 2.57 bits per heavy atom. The fraction of sp³-hybridized carbons (Fsp3) is 0.333. The number of piperazine rings is 1. The smallest absolute Gasteiger partial charge is 0.204 e. The number of fused-ring (bicyclic) bond motifs is 13. The van der Waals surface area contributed by atoms with Crippen molar-refractivity contribution >= 4 is 62.1 Å². The van der Waals surface area contributed by atoms with E-state index in [2.05, 4.69) is 149 Å². The van der Waals surface area contributed by atoms with E-state index < -0.39 is 46.3 Å². The largest absolute Gasteiger partial charge is 0.508 e. The molecule has 2 spiro atoms. The summed E-state index contributed by atoms with van der Waals surface area (Å²) in [5, 5.41) is 43.5. The summed E-state index contributed by atoms with van der Waals surface area (Å²) in [5.41, 5.74) is 24.6. The lowest BCUT2D eigenvalue weighted by atomic mass is 9.59. The maximum Gasteiger partial charge on any atom is 0.204 e. The number of aromatic nitrogens is 1. The molecule has 4 fully saturated rings. The molecule has 0 radical (unpaired) electrons. The fourth-order valence-corrected chi connectivity index (χ4v) is 21.2. The van der Waals surface area contributed by atoms with E-state index >= 15 is 4.79 Å². The molecule has 7 heterocycles. The summed E-state index contributed by atoms with van der Waals surface area (Å²) in [5.74, 6) is 18.0. The zero-order chi connectivity index (χ0) is 70.3. The van der Waals surface area contributed by atoms with Gasteiger partial charge in [-0.1, -0.05) is 158 Å². The Bertz CT molecular complexity index is 5480. The number of allylic oxidation sites excluding steroid dienone is 1. The highest BCUT2D eigenvalue weighted by atomic mass is 16.5. The van der Waals surface area contributed by atoms with Crippen molar-refractivity contribution in [2.45, 2.75) is 111 Å². The Morgan fingerprint density at radius 1 is 0.856 bits per heavy atom. The highest BCUT2D eigenvalue weighted by molar-refractivity contribution is 6.06. The highest BCUT2D eigenvalue weighted by Gasteiger charge is 2.68. The highest BCUT2D eigenvalue weighted by Crippen LogP contribution is 2.69. The number of guanidine groups is 1. The van der Waals surface area contributed by atoms with Crippen LogP contribution in [0.1, 0.15) is 108 Å². The van der Waals surface area contributed by atoms with Crippen molar-refractivity contribution in [1.29, 1.82) is 0 Å². The maximum atomic E-state index is 15.7. The number of methoxy groups -OCH3 is 1. The van der Waals surface area contributed by atoms with Crippen LogP contribution >= 0.6 is 0 Å². The summed E-state index contributed by atoms with van der Waals surface area (Å²) in [4.78, 5) is 28.0. The van der Waals surface area contributed by atoms with E-state index in [1.807, 2.05) is 36.4 Å². The minimum absolute atomic E-state index is 0.0390. The molecule has 9 N–H and O–H groups in total. The third-order valence-corrected chi connectivity index (χ3v) is 25.8. The van der Waals surface area contributed by atoms with Crippen LogP contribution in [0.2, 0.25) is 0 Å². The number of anilines is 1. The lowest BCUT2D eigenvalue weighted by Crippen LogP contribution is -2.67. The molecule has 1 saturated heterocycles. The van der Waals surface area contributed by atoms with E-state index in [-0.39, 0.29) is 95.1 Å². The average Bonchev–Trinajstić information content (AvgIpc) is 1.49. The molecule has 2 aromatic heterocycles. The van der Waals surface area contributed by atoms with Crippen molar-refractivity contribution in [2.24, 2.45) is 52.0 Å². The first kappa shape index (κ1) is 64.4. The fourth-order valence-electron chi connectivity index (χ4n) is 21.2. The van der Waals surface area contributed by atoms with Gasteiger partial charge in [0.15, 0.2) is 28.5 Å². The minimum Gasteiger partial charge on any atom is -0.508 e. The molecular weight excluding hydrogens is 1290 g/mol. The van der Waals surface area contributed by atoms with Crippen LogP contribution in [0.25, 0.3) is 67.1 Å². The van der Waals surface area contributed by atoms with Gasteiger partial charge in [0.1, 0.15) is 22.7 Å². The van der Waals surface area contributed by atoms with Crippen molar-refractivity contribution in [2.75, 3.05) is 44.9 Å². The number of H-pyrrole nitrogens is 1. The number of rotatable bonds is 10. The lowest BCUT2D eigenvalue weighted by molar-refractivity contribution is 0.152. The van der Waals surface area contributed by atoms with Crippen LogP contribution in [0, 0.1) is 59.2 Å². The summed E-state index contributed by atoms with van der Waals surface area (Å²) in [6, 6.07) is 51.1. The Labute approximate surface area is 604 Å². The average molecular weight is 1380 g/mol. The van der Waals surface area contributed by atoms with E-state index in [1.54, 1.807) is 30.3 Å². The van der Waals surface area contributed by atoms with Gasteiger partial charge in [-0.2, -0.15) is 0 Å². The number of nitrogens with zero attached hydrogens (tertiary/aromatic N) is 2. The number of nitrogens with two attached hydrogens (primary N) is 2. The molecule has 10 aromatic rings. The Hall–Kier alpha value is -10.5. The van der Waals surface area contributed by atoms with Crippen molar-refractivity contribution in [3.8, 4) is 69.1 Å². The number of aryl methyl sites for hydroxylation is 1. The van der Waals surface area contributed by atoms with Crippen LogP contribution in [0.5, 0.6) is 23.0 Å². The van der Waals surface area contributed by atoms with Crippen molar-refractivity contribution < 1.29 is 33.9 Å². The van der Waals surface area contributed by atoms with Gasteiger partial charge in [-0.05, 0) is 178 Å². The van der Waals surface area contributed by atoms with Crippen LogP contribution in [-0.2, 0) is 35.5 Å². The Morgan fingerprint density at radius 2 is 1.71 bits per heavy atom. The number of phenols is 1. The molecular formula is C90H84N6O8. The molecule has 0 amide bonds. The van der Waals surface area contributed by atoms with Crippen LogP contribution in [0.15, 0.2) is 178 Å². The molecule has 8 aromatic carbocycles. The number of aliphatic hydroxyl groups excluding tert-OH is 2. The minimum atomic E-state index is -0.915. The number of phenolic OH excluding ortho intramolecular Hbond substituents is 1. The van der Waals surface area contributed by atoms with Gasteiger partial charge in [0.2, 0.25) is 5.75 Å². The first-order valence-electron chi connectivity index (χ1n) is 37.3. The third kappa shape index (κ3) is 10.0. The number of hydrogen-bond acceptors (Lipinski definition) is 11. The molecule has 5 aliphatic heterocycles. The molecule has 14 bridgehead atoms. The molecule has 5 aliphatic carbocycles. The number of aliphatic imine (C=N–C) groups is 1. The van der Waals surface area contributed by atoms with Crippen LogP contribution in [0.3, 0.4) is 0 Å². The normalized spacial score (nSPS) is 27.3. The van der Waals surface area contributed by atoms with E-state index in [9.17, 15) is 15.3 Å². The van der Waals surface area contributed by atoms with Gasteiger partial charge in [-0.3, -0.25) is 4.79 Å². The number of nitrogens with one attached hydrogen (secondary N) is 2. The van der Waals surface area contributed by atoms with Crippen LogP contribution < -0.4 is 41.3 Å². The summed E-state index contributed by atoms with van der Waals surface area (Å²) < 4.78 is 28.1. The molecule has 10 aliphatic rings. The van der Waals surface area contributed by atoms with Gasteiger partial charge in [-0.25, -0.2) is 4.99 Å². The summed E-state index contributed by atoms with van der Waals surface area (Å²) in [6.45, 7) is 3.40. The number of aliphatic hydroxyl groups is 2. The van der Waals surface area contributed by atoms with E-state index in [0.29, 0.717) is 54.6 Å². The molecule has 14 heteroatoms. The Balaban J connectivity index is 0.911. The van der Waals surface area contributed by atoms with Gasteiger partial charge in [0, 0.05) is 88.9 Å². The standard InChI is InChI=1S/C90H84N6O8/c1-88-62-25-18-54(69(88)33-27-62)22-32-71-70-31-23-56-16-17-61-44-58-12-6-7-14-66(58)67-35-37-89(70,80(56)77(61)67)50-90(71)63-26-19-59(73(45-63)94-87(91)92)43-53(48-97)49-103-82-78(60-24-34-72-85(90)96(39-38-93-72)86-68(46-76(88)95-86)57-13-8-11-52(41-57)42-60)81-79(74(100)47-75(104-81)55-20-29-64(98)30-21-55)83(84(82)101-2)102-40-36-65(99)28-15-51-9-4-3-5-10-51/h3-17,19-21,23,26,28-31,41,44-47,53-54,60,62,65,69-72,85,93,95,97-99H,18,25,27,33,35-40,42-43,48-50H2,1-2H3,(H4,91,92,94). The van der Waals surface area contributed by atoms with E-state index in [1.165, 1.54) is 57.1 Å². The van der Waals surface area contributed by atoms with E-state index in [4.69, 9.17) is 35.1 Å². The predicted octanol–water partition coefficient (Wildman–Crippen LogP) is 14.5. The molecule has 3 saturated carbocycles. The number of aromatic hydroxyl groups is 1. The van der Waals surface area contributed by atoms with Gasteiger partial charge in [0.05, 0.1) is 55.7 Å². The monoisotopic (exact) mass is 1380 g/mol. The molecule has 104 heavy (non-hydrogen) atoms. The number of aromatic amines is 1. The zero-order valence-electron chi connectivity index (χ0n) is 58.6. The number of hydrogen-bond donors (Lipinski definition) is 7. The number of benzene rings is 8. The van der Waals surface area contributed by atoms with Crippen molar-refractivity contribution in [3.05, 3.63) is 224 Å². The molecule has 20 rings (SSSR count). The van der Waals surface area contributed by atoms with Gasteiger partial charge >= 0.3 is 0 Å². The van der Waals surface area contributed by atoms with Gasteiger partial charge < -0.3 is 60.6 Å². The quantitative estimate of drug-likeness (QED) is 0.0295. The summed E-state index contributed by atoms with van der Waals surface area (Å²) >= 11 is 0. The summed E-state index contributed by atoms with van der Waals surface area (Å²) in [7, 11) is 1.54.